The summed E-state index contributed by atoms with van der Waals surface area (Å²) < 4.78 is 18.1. The number of aromatic amines is 1. The summed E-state index contributed by atoms with van der Waals surface area (Å²) in [5.41, 5.74) is 6.67. The van der Waals surface area contributed by atoms with E-state index in [-0.39, 0.29) is 23.7 Å². The number of ether oxygens (including phenoxy) is 1. The SMILES string of the molecule is CC(C)c1ccc(Sc2nc3c(=O)[nH]c(N)nc3n2[C@@H]2OC3COP(O)(=S)O[C@H]3C2O)cc1. The molecule has 33 heavy (non-hydrogen) atoms. The highest BCUT2D eigenvalue weighted by Gasteiger charge is 2.52. The third-order valence-electron chi connectivity index (χ3n) is 5.51. The number of imidazole rings is 1. The van der Waals surface area contributed by atoms with Gasteiger partial charge < -0.3 is 25.0 Å². The van der Waals surface area contributed by atoms with Crippen molar-refractivity contribution in [1.82, 2.24) is 19.5 Å². The maximum absolute atomic E-state index is 12.5. The van der Waals surface area contributed by atoms with Crippen molar-refractivity contribution in [2.24, 2.45) is 0 Å². The number of benzene rings is 1. The number of H-pyrrole nitrogens is 1. The molecule has 5 N–H and O–H groups in total. The van der Waals surface area contributed by atoms with E-state index in [1.165, 1.54) is 21.9 Å². The fraction of sp³-hybridized carbons (Fsp3) is 0.421. The number of fused-ring (bicyclic) bond motifs is 2. The van der Waals surface area contributed by atoms with Gasteiger partial charge in [-0.2, -0.15) is 4.98 Å². The topological polar surface area (TPSA) is 158 Å². The van der Waals surface area contributed by atoms with Gasteiger partial charge in [0.15, 0.2) is 22.5 Å². The first-order valence-electron chi connectivity index (χ1n) is 10.2. The Kier molecular flexibility index (Phi) is 5.86. The van der Waals surface area contributed by atoms with Crippen LogP contribution in [-0.2, 0) is 25.6 Å². The molecule has 2 fully saturated rings. The molecule has 2 aliphatic rings. The number of nitrogen functional groups attached to an aromatic ring is 1. The number of nitrogens with two attached hydrogens (primary N) is 1. The van der Waals surface area contributed by atoms with Crippen molar-refractivity contribution >= 4 is 47.4 Å². The Balaban J connectivity index is 1.58. The maximum atomic E-state index is 12.5. The number of nitrogens with one attached hydrogen (secondary N) is 1. The molecule has 4 heterocycles. The molecule has 11 nitrogen and oxygen atoms in total. The number of aromatic nitrogens is 4. The molecule has 0 saturated carbocycles. The van der Waals surface area contributed by atoms with Crippen molar-refractivity contribution in [2.45, 2.75) is 54.4 Å². The van der Waals surface area contributed by atoms with E-state index in [4.69, 9.17) is 31.3 Å². The van der Waals surface area contributed by atoms with Gasteiger partial charge in [0.1, 0.15) is 18.3 Å². The predicted octanol–water partition coefficient (Wildman–Crippen LogP) is 1.87. The largest absolute Gasteiger partial charge is 0.386 e. The fourth-order valence-corrected chi connectivity index (χ4v) is 6.21. The number of hydrogen-bond acceptors (Lipinski definition) is 10. The molecular weight excluding hydrogens is 489 g/mol. The van der Waals surface area contributed by atoms with Gasteiger partial charge >= 0.3 is 6.72 Å². The van der Waals surface area contributed by atoms with Gasteiger partial charge in [-0.3, -0.25) is 18.9 Å². The first-order chi connectivity index (χ1) is 15.6. The summed E-state index contributed by atoms with van der Waals surface area (Å²) >= 11 is 6.21. The van der Waals surface area contributed by atoms with Crippen LogP contribution >= 0.6 is 18.5 Å². The third-order valence-corrected chi connectivity index (χ3v) is 8.05. The van der Waals surface area contributed by atoms with Crippen molar-refractivity contribution < 1.29 is 23.8 Å². The Hall–Kier alpha value is -1.83. The molecule has 0 aliphatic carbocycles. The second kappa shape index (κ2) is 8.43. The fourth-order valence-electron chi connectivity index (χ4n) is 3.86. The van der Waals surface area contributed by atoms with Crippen LogP contribution in [0.5, 0.6) is 0 Å². The van der Waals surface area contributed by atoms with Crippen LogP contribution in [0.4, 0.5) is 5.95 Å². The smallest absolute Gasteiger partial charge is 0.325 e. The lowest BCUT2D eigenvalue weighted by Crippen LogP contribution is -2.39. The van der Waals surface area contributed by atoms with Crippen LogP contribution in [0.1, 0.15) is 31.6 Å². The summed E-state index contributed by atoms with van der Waals surface area (Å²) in [5, 5.41) is 11.4. The van der Waals surface area contributed by atoms with Gasteiger partial charge in [-0.1, -0.05) is 37.7 Å². The van der Waals surface area contributed by atoms with Gasteiger partial charge in [0.2, 0.25) is 5.95 Å². The highest BCUT2D eigenvalue weighted by Crippen LogP contribution is 2.53. The summed E-state index contributed by atoms with van der Waals surface area (Å²) in [6.07, 6.45) is -3.82. The zero-order valence-electron chi connectivity index (χ0n) is 17.6. The second-order valence-corrected chi connectivity index (χ2v) is 11.9. The van der Waals surface area contributed by atoms with E-state index in [0.29, 0.717) is 11.1 Å². The van der Waals surface area contributed by atoms with Crippen LogP contribution in [0.15, 0.2) is 39.1 Å². The minimum Gasteiger partial charge on any atom is -0.386 e. The minimum absolute atomic E-state index is 0.0338. The summed E-state index contributed by atoms with van der Waals surface area (Å²) in [6.45, 7) is 0.721. The predicted molar refractivity (Wildman–Crippen MR) is 124 cm³/mol. The number of nitrogens with zero attached hydrogens (tertiary/aromatic N) is 3. The van der Waals surface area contributed by atoms with E-state index in [1.807, 2.05) is 24.3 Å². The van der Waals surface area contributed by atoms with Crippen molar-refractivity contribution in [3.8, 4) is 0 Å². The van der Waals surface area contributed by atoms with Crippen LogP contribution in [0, 0.1) is 0 Å². The molecule has 176 valence electrons. The first kappa shape index (κ1) is 22.9. The number of anilines is 1. The van der Waals surface area contributed by atoms with Gasteiger partial charge in [0.05, 0.1) is 6.61 Å². The molecule has 14 heteroatoms. The van der Waals surface area contributed by atoms with Gasteiger partial charge in [-0.25, -0.2) is 4.98 Å². The molecule has 0 radical (unpaired) electrons. The molecule has 0 amide bonds. The molecule has 5 rings (SSSR count). The number of hydrogen-bond donors (Lipinski definition) is 4. The van der Waals surface area contributed by atoms with Crippen molar-refractivity contribution in [1.29, 1.82) is 0 Å². The van der Waals surface area contributed by atoms with Crippen LogP contribution in [0.3, 0.4) is 0 Å². The Morgan fingerprint density at radius 3 is 2.76 bits per heavy atom. The standard InChI is InChI=1S/C19H22N5O6PS2/c1-8(2)9-3-5-10(6-4-9)33-19-21-12-15(22-18(20)23-16(12)26)24(19)17-13(25)14-11(29-17)7-28-31(27,32)30-14/h3-6,8,11,13-14,17,25H,7H2,1-2H3,(H,27,32)(H3,20,22,23,26)/t11?,13?,14-,17-,31?/m1/s1. The number of aliphatic hydroxyl groups is 1. The first-order valence-corrected chi connectivity index (χ1v) is 13.6. The summed E-state index contributed by atoms with van der Waals surface area (Å²) in [7, 11) is 0. The molecule has 1 aromatic carbocycles. The quantitative estimate of drug-likeness (QED) is 0.379. The molecule has 0 bridgehead atoms. The molecule has 5 atom stereocenters. The zero-order chi connectivity index (χ0) is 23.5. The van der Waals surface area contributed by atoms with Gasteiger partial charge in [0.25, 0.3) is 5.56 Å². The van der Waals surface area contributed by atoms with Gasteiger partial charge in [-0.15, -0.1) is 0 Å². The van der Waals surface area contributed by atoms with Crippen LogP contribution in [-0.4, -0.2) is 54.4 Å². The van der Waals surface area contributed by atoms with E-state index >= 15 is 0 Å². The Bertz CT molecular complexity index is 1310. The molecule has 2 saturated heterocycles. The van der Waals surface area contributed by atoms with Crippen LogP contribution < -0.4 is 11.3 Å². The molecule has 2 aliphatic heterocycles. The lowest BCUT2D eigenvalue weighted by Gasteiger charge is -2.30. The molecule has 3 unspecified atom stereocenters. The van der Waals surface area contributed by atoms with E-state index in [0.717, 1.165) is 4.90 Å². The number of rotatable bonds is 4. The Labute approximate surface area is 197 Å². The van der Waals surface area contributed by atoms with Gasteiger partial charge in [0, 0.05) is 4.90 Å². The minimum atomic E-state index is -3.47. The summed E-state index contributed by atoms with van der Waals surface area (Å²) in [6, 6.07) is 7.97. The normalized spacial score (nSPS) is 29.6. The van der Waals surface area contributed by atoms with Crippen molar-refractivity contribution in [2.75, 3.05) is 12.3 Å². The molecule has 0 spiro atoms. The van der Waals surface area contributed by atoms with Crippen LogP contribution in [0.2, 0.25) is 0 Å². The average Bonchev–Trinajstić information content (AvgIpc) is 3.25. The van der Waals surface area contributed by atoms with Crippen molar-refractivity contribution in [3.63, 3.8) is 0 Å². The Morgan fingerprint density at radius 1 is 1.33 bits per heavy atom. The highest BCUT2D eigenvalue weighted by molar-refractivity contribution is 8.07. The zero-order valence-corrected chi connectivity index (χ0v) is 20.1. The molecular formula is C19H22N5O6PS2. The van der Waals surface area contributed by atoms with E-state index in [2.05, 4.69) is 28.8 Å². The van der Waals surface area contributed by atoms with E-state index in [1.54, 1.807) is 0 Å². The average molecular weight is 512 g/mol. The van der Waals surface area contributed by atoms with E-state index < -0.39 is 36.8 Å². The molecule has 2 aromatic heterocycles. The van der Waals surface area contributed by atoms with Crippen LogP contribution in [0.25, 0.3) is 11.2 Å². The van der Waals surface area contributed by atoms with Gasteiger partial charge in [-0.05, 0) is 35.4 Å². The lowest BCUT2D eigenvalue weighted by molar-refractivity contribution is -0.0619. The summed E-state index contributed by atoms with van der Waals surface area (Å²) in [5.74, 6) is 0.291. The monoisotopic (exact) mass is 511 g/mol. The third kappa shape index (κ3) is 4.24. The molecule has 3 aromatic rings. The lowest BCUT2D eigenvalue weighted by atomic mass is 10.0. The Morgan fingerprint density at radius 2 is 2.06 bits per heavy atom. The highest BCUT2D eigenvalue weighted by atomic mass is 32.5. The maximum Gasteiger partial charge on any atom is 0.325 e. The summed E-state index contributed by atoms with van der Waals surface area (Å²) in [4.78, 5) is 34.6. The second-order valence-electron chi connectivity index (χ2n) is 8.10. The van der Waals surface area contributed by atoms with E-state index in [9.17, 15) is 14.8 Å². The van der Waals surface area contributed by atoms with Crippen molar-refractivity contribution in [3.05, 3.63) is 40.2 Å². The number of aliphatic hydroxyl groups excluding tert-OH is 1.